The van der Waals surface area contributed by atoms with E-state index in [2.05, 4.69) is 41.7 Å². The van der Waals surface area contributed by atoms with Gasteiger partial charge in [-0.05, 0) is 44.1 Å². The van der Waals surface area contributed by atoms with Gasteiger partial charge in [0.2, 0.25) is 0 Å². The van der Waals surface area contributed by atoms with E-state index in [0.717, 1.165) is 43.4 Å². The van der Waals surface area contributed by atoms with Crippen LogP contribution in [0.5, 0.6) is 0 Å². The van der Waals surface area contributed by atoms with E-state index < -0.39 is 0 Å². The third-order valence-corrected chi connectivity index (χ3v) is 4.69. The lowest BCUT2D eigenvalue weighted by atomic mass is 10.0. The highest BCUT2D eigenvalue weighted by atomic mass is 32.1. The van der Waals surface area contributed by atoms with E-state index in [1.54, 1.807) is 0 Å². The number of hydrogen-bond acceptors (Lipinski definition) is 4. The Morgan fingerprint density at radius 1 is 1.23 bits per heavy atom. The van der Waals surface area contributed by atoms with Gasteiger partial charge in [-0.3, -0.25) is 9.79 Å². The number of carbonyl (C=O) groups excluding carboxylic acids is 1. The fourth-order valence-corrected chi connectivity index (χ4v) is 3.10. The quantitative estimate of drug-likeness (QED) is 0.295. The van der Waals surface area contributed by atoms with E-state index in [0.29, 0.717) is 19.0 Å². The van der Waals surface area contributed by atoms with Crippen molar-refractivity contribution in [2.75, 3.05) is 32.8 Å². The molecule has 0 spiro atoms. The molecule has 1 aromatic heterocycles. The van der Waals surface area contributed by atoms with Gasteiger partial charge in [0, 0.05) is 32.8 Å². The minimum absolute atomic E-state index is 0.00957. The molecule has 1 unspecified atom stereocenters. The van der Waals surface area contributed by atoms with Gasteiger partial charge < -0.3 is 20.7 Å². The molecule has 7 heteroatoms. The first kappa shape index (κ1) is 22.4. The number of thiophene rings is 1. The van der Waals surface area contributed by atoms with Gasteiger partial charge in [-0.1, -0.05) is 19.9 Å². The van der Waals surface area contributed by atoms with Gasteiger partial charge in [-0.2, -0.15) is 0 Å². The van der Waals surface area contributed by atoms with Gasteiger partial charge >= 0.3 is 0 Å². The summed E-state index contributed by atoms with van der Waals surface area (Å²) in [6.45, 7) is 12.1. The number of guanidine groups is 1. The predicted octanol–water partition coefficient (Wildman–Crippen LogP) is 2.87. The third kappa shape index (κ3) is 9.20. The van der Waals surface area contributed by atoms with Crippen LogP contribution < -0.4 is 16.0 Å². The molecule has 0 bridgehead atoms. The van der Waals surface area contributed by atoms with Crippen LogP contribution in [0.15, 0.2) is 22.5 Å². The molecule has 0 aliphatic carbocycles. The lowest BCUT2D eigenvalue weighted by Gasteiger charge is -2.21. The minimum Gasteiger partial charge on any atom is -0.378 e. The summed E-state index contributed by atoms with van der Waals surface area (Å²) in [6, 6.07) is 3.71. The van der Waals surface area contributed by atoms with Gasteiger partial charge in [-0.25, -0.2) is 0 Å². The van der Waals surface area contributed by atoms with Gasteiger partial charge in [0.25, 0.3) is 5.91 Å². The second kappa shape index (κ2) is 13.6. The Hall–Kier alpha value is -1.60. The van der Waals surface area contributed by atoms with Crippen LogP contribution in [0, 0.1) is 5.92 Å². The standard InChI is InChI=1S/C19H34N4O2S/c1-5-20-19(23-13-10-16(15(3)4)25-6-2)22-12-8-11-21-18(24)17-9-7-14-26-17/h7,9,14-16H,5-6,8,10-13H2,1-4H3,(H,21,24)(H2,20,22,23). The van der Waals surface area contributed by atoms with Crippen LogP contribution in [0.1, 0.15) is 50.2 Å². The van der Waals surface area contributed by atoms with E-state index in [-0.39, 0.29) is 12.0 Å². The highest BCUT2D eigenvalue weighted by Gasteiger charge is 2.12. The summed E-state index contributed by atoms with van der Waals surface area (Å²) in [4.78, 5) is 17.2. The number of rotatable bonds is 12. The molecule has 6 nitrogen and oxygen atoms in total. The Labute approximate surface area is 161 Å². The van der Waals surface area contributed by atoms with Crippen LogP contribution in [0.25, 0.3) is 0 Å². The van der Waals surface area contributed by atoms with Gasteiger partial charge in [0.05, 0.1) is 11.0 Å². The largest absolute Gasteiger partial charge is 0.378 e. The van der Waals surface area contributed by atoms with Crippen molar-refractivity contribution >= 4 is 23.2 Å². The van der Waals surface area contributed by atoms with Crippen molar-refractivity contribution in [3.63, 3.8) is 0 Å². The summed E-state index contributed by atoms with van der Waals surface area (Å²) in [5, 5.41) is 11.4. The zero-order chi connectivity index (χ0) is 19.2. The second-order valence-corrected chi connectivity index (χ2v) is 7.25. The molecule has 0 aliphatic heterocycles. The summed E-state index contributed by atoms with van der Waals surface area (Å²) in [5.74, 6) is 1.31. The Bertz CT molecular complexity index is 518. The van der Waals surface area contributed by atoms with Crippen molar-refractivity contribution in [3.8, 4) is 0 Å². The summed E-state index contributed by atoms with van der Waals surface area (Å²) >= 11 is 1.45. The average molecular weight is 383 g/mol. The van der Waals surface area contributed by atoms with Crippen molar-refractivity contribution in [2.45, 2.75) is 46.6 Å². The highest BCUT2D eigenvalue weighted by Crippen LogP contribution is 2.10. The molecule has 1 rings (SSSR count). The fraction of sp³-hybridized carbons (Fsp3) is 0.684. The lowest BCUT2D eigenvalue weighted by molar-refractivity contribution is 0.0258. The van der Waals surface area contributed by atoms with E-state index in [1.807, 2.05) is 24.4 Å². The fourth-order valence-electron chi connectivity index (χ4n) is 2.46. The van der Waals surface area contributed by atoms with Gasteiger partial charge in [-0.15, -0.1) is 11.3 Å². The first-order valence-electron chi connectivity index (χ1n) is 9.53. The summed E-state index contributed by atoms with van der Waals surface area (Å²) in [5.41, 5.74) is 0. The van der Waals surface area contributed by atoms with E-state index in [1.165, 1.54) is 11.3 Å². The molecule has 0 radical (unpaired) electrons. The van der Waals surface area contributed by atoms with Crippen LogP contribution in [0.3, 0.4) is 0 Å². The third-order valence-electron chi connectivity index (χ3n) is 3.83. The van der Waals surface area contributed by atoms with Gasteiger partial charge in [0.15, 0.2) is 5.96 Å². The number of carbonyl (C=O) groups is 1. The first-order chi connectivity index (χ1) is 12.6. The number of nitrogens with zero attached hydrogens (tertiary/aromatic N) is 1. The topological polar surface area (TPSA) is 74.8 Å². The maximum Gasteiger partial charge on any atom is 0.261 e. The van der Waals surface area contributed by atoms with Crippen molar-refractivity contribution < 1.29 is 9.53 Å². The van der Waals surface area contributed by atoms with Crippen LogP contribution in [-0.2, 0) is 4.74 Å². The maximum absolute atomic E-state index is 11.8. The van der Waals surface area contributed by atoms with Crippen molar-refractivity contribution in [1.82, 2.24) is 16.0 Å². The molecule has 1 aromatic rings. The molecule has 0 saturated carbocycles. The molecule has 0 fully saturated rings. The second-order valence-electron chi connectivity index (χ2n) is 6.30. The van der Waals surface area contributed by atoms with E-state index in [9.17, 15) is 4.79 Å². The SMILES string of the molecule is CCNC(=NCCCNC(=O)c1cccs1)NCCC(OCC)C(C)C. The summed E-state index contributed by atoms with van der Waals surface area (Å²) < 4.78 is 5.77. The van der Waals surface area contributed by atoms with Crippen LogP contribution in [0.4, 0.5) is 0 Å². The molecule has 1 amide bonds. The number of nitrogens with one attached hydrogen (secondary N) is 3. The molecule has 3 N–H and O–H groups in total. The lowest BCUT2D eigenvalue weighted by Crippen LogP contribution is -2.39. The van der Waals surface area contributed by atoms with E-state index >= 15 is 0 Å². The molecule has 0 aliphatic rings. The molecule has 26 heavy (non-hydrogen) atoms. The first-order valence-corrected chi connectivity index (χ1v) is 10.4. The van der Waals surface area contributed by atoms with E-state index in [4.69, 9.17) is 4.74 Å². The number of hydrogen-bond donors (Lipinski definition) is 3. The van der Waals surface area contributed by atoms with Crippen LogP contribution in [-0.4, -0.2) is 50.8 Å². The molecule has 148 valence electrons. The molecule has 0 aromatic carbocycles. The smallest absolute Gasteiger partial charge is 0.261 e. The predicted molar refractivity (Wildman–Crippen MR) is 110 cm³/mol. The molecular formula is C19H34N4O2S. The monoisotopic (exact) mass is 382 g/mol. The van der Waals surface area contributed by atoms with Crippen molar-refractivity contribution in [1.29, 1.82) is 0 Å². The number of aliphatic imine (C=N–C) groups is 1. The molecule has 1 atom stereocenters. The highest BCUT2D eigenvalue weighted by molar-refractivity contribution is 7.12. The molecular weight excluding hydrogens is 348 g/mol. The number of amides is 1. The molecule has 0 saturated heterocycles. The normalized spacial score (nSPS) is 12.9. The zero-order valence-electron chi connectivity index (χ0n) is 16.5. The van der Waals surface area contributed by atoms with Crippen molar-refractivity contribution in [3.05, 3.63) is 22.4 Å². The minimum atomic E-state index is -0.00957. The summed E-state index contributed by atoms with van der Waals surface area (Å²) in [6.07, 6.45) is 2.02. The Kier molecular flexibility index (Phi) is 11.7. The Balaban J connectivity index is 2.28. The van der Waals surface area contributed by atoms with Gasteiger partial charge in [0.1, 0.15) is 0 Å². The van der Waals surface area contributed by atoms with Crippen LogP contribution >= 0.6 is 11.3 Å². The Morgan fingerprint density at radius 2 is 2.04 bits per heavy atom. The summed E-state index contributed by atoms with van der Waals surface area (Å²) in [7, 11) is 0. The average Bonchev–Trinajstić information content (AvgIpc) is 3.15. The number of ether oxygens (including phenoxy) is 1. The van der Waals surface area contributed by atoms with Crippen LogP contribution in [0.2, 0.25) is 0 Å². The Morgan fingerprint density at radius 3 is 2.65 bits per heavy atom. The van der Waals surface area contributed by atoms with Crippen molar-refractivity contribution in [2.24, 2.45) is 10.9 Å². The maximum atomic E-state index is 11.8. The molecule has 1 heterocycles. The zero-order valence-corrected chi connectivity index (χ0v) is 17.3.